The van der Waals surface area contributed by atoms with Crippen molar-refractivity contribution in [2.24, 2.45) is 11.8 Å². The van der Waals surface area contributed by atoms with Crippen molar-refractivity contribution in [3.63, 3.8) is 0 Å². The maximum Gasteiger partial charge on any atom is 0.500 e. The maximum absolute atomic E-state index is 11.6. The van der Waals surface area contributed by atoms with E-state index in [9.17, 15) is 4.79 Å². The molecule has 0 spiro atoms. The number of hydrogen-bond donors (Lipinski definition) is 0. The molecule has 166 valence electrons. The van der Waals surface area contributed by atoms with Gasteiger partial charge in [0.1, 0.15) is 0 Å². The standard InChI is InChI=1S/C21H42O4S2Si/c1-8-23-28(24-9-2,25-10-3)15-11-14-26-21(6,7)19-13-12-17(4)20(16-19)27-18(5)22/h17,19-20H,8-16H2,1-7H3. The van der Waals surface area contributed by atoms with E-state index < -0.39 is 8.80 Å². The predicted octanol–water partition coefficient (Wildman–Crippen LogP) is 6.02. The van der Waals surface area contributed by atoms with Crippen molar-refractivity contribution < 1.29 is 18.1 Å². The summed E-state index contributed by atoms with van der Waals surface area (Å²) < 4.78 is 18.1. The lowest BCUT2D eigenvalue weighted by Gasteiger charge is -2.41. The second kappa shape index (κ2) is 13.0. The van der Waals surface area contributed by atoms with E-state index in [4.69, 9.17) is 13.3 Å². The van der Waals surface area contributed by atoms with Crippen molar-refractivity contribution in [3.05, 3.63) is 0 Å². The summed E-state index contributed by atoms with van der Waals surface area (Å²) in [5, 5.41) is 0.733. The molecule has 0 radical (unpaired) electrons. The van der Waals surface area contributed by atoms with E-state index >= 15 is 0 Å². The van der Waals surface area contributed by atoms with E-state index in [2.05, 4.69) is 32.5 Å². The fourth-order valence-corrected chi connectivity index (χ4v) is 9.29. The largest absolute Gasteiger partial charge is 0.500 e. The first-order chi connectivity index (χ1) is 13.2. The van der Waals surface area contributed by atoms with Crippen molar-refractivity contribution in [2.75, 3.05) is 25.6 Å². The zero-order chi connectivity index (χ0) is 21.2. The van der Waals surface area contributed by atoms with E-state index in [1.807, 2.05) is 20.8 Å². The Bertz CT molecular complexity index is 445. The molecule has 3 unspecified atom stereocenters. The normalized spacial score (nSPS) is 23.8. The van der Waals surface area contributed by atoms with Crippen molar-refractivity contribution in [3.8, 4) is 0 Å². The van der Waals surface area contributed by atoms with E-state index in [0.29, 0.717) is 36.9 Å². The Morgan fingerprint density at radius 1 is 1.07 bits per heavy atom. The molecule has 7 heteroatoms. The van der Waals surface area contributed by atoms with E-state index in [1.54, 1.807) is 18.7 Å². The molecule has 0 aromatic carbocycles. The molecule has 4 nitrogen and oxygen atoms in total. The maximum atomic E-state index is 11.6. The number of hydrogen-bond acceptors (Lipinski definition) is 6. The van der Waals surface area contributed by atoms with Crippen LogP contribution in [0.25, 0.3) is 0 Å². The zero-order valence-corrected chi connectivity index (χ0v) is 21.7. The lowest BCUT2D eigenvalue weighted by molar-refractivity contribution is -0.109. The average Bonchev–Trinajstić information content (AvgIpc) is 2.61. The molecule has 0 amide bonds. The first-order valence-electron chi connectivity index (χ1n) is 10.9. The van der Waals surface area contributed by atoms with E-state index in [0.717, 1.165) is 24.6 Å². The molecule has 0 N–H and O–H groups in total. The highest BCUT2D eigenvalue weighted by atomic mass is 32.2. The highest BCUT2D eigenvalue weighted by Crippen LogP contribution is 2.46. The third kappa shape index (κ3) is 8.68. The summed E-state index contributed by atoms with van der Waals surface area (Å²) in [5.74, 6) is 2.39. The quantitative estimate of drug-likeness (QED) is 0.252. The van der Waals surface area contributed by atoms with Gasteiger partial charge in [-0.2, -0.15) is 11.8 Å². The van der Waals surface area contributed by atoms with Crippen LogP contribution in [-0.2, 0) is 18.1 Å². The predicted molar refractivity (Wildman–Crippen MR) is 125 cm³/mol. The molecule has 1 aliphatic carbocycles. The van der Waals surface area contributed by atoms with Gasteiger partial charge in [-0.15, -0.1) is 0 Å². The topological polar surface area (TPSA) is 44.8 Å². The van der Waals surface area contributed by atoms with Crippen LogP contribution < -0.4 is 0 Å². The van der Waals surface area contributed by atoms with Gasteiger partial charge >= 0.3 is 8.80 Å². The Labute approximate surface area is 183 Å². The van der Waals surface area contributed by atoms with Gasteiger partial charge in [-0.25, -0.2) is 0 Å². The molecular weight excluding hydrogens is 408 g/mol. The van der Waals surface area contributed by atoms with E-state index in [1.165, 1.54) is 12.8 Å². The van der Waals surface area contributed by atoms with Crippen molar-refractivity contribution in [1.82, 2.24) is 0 Å². The van der Waals surface area contributed by atoms with Crippen molar-refractivity contribution >= 4 is 37.4 Å². The van der Waals surface area contributed by atoms with Gasteiger partial charge in [-0.05, 0) is 64.0 Å². The van der Waals surface area contributed by atoms with Crippen LogP contribution in [0.5, 0.6) is 0 Å². The van der Waals surface area contributed by atoms with Crippen LogP contribution in [0.15, 0.2) is 0 Å². The molecule has 1 rings (SSSR count). The monoisotopic (exact) mass is 450 g/mol. The SMILES string of the molecule is CCO[Si](CCCSC(C)(C)C1CCC(C)C(SC(C)=O)C1)(OCC)OCC. The van der Waals surface area contributed by atoms with Gasteiger partial charge in [0, 0.05) is 42.8 Å². The highest BCUT2D eigenvalue weighted by Gasteiger charge is 2.41. The van der Waals surface area contributed by atoms with E-state index in [-0.39, 0.29) is 9.86 Å². The minimum Gasteiger partial charge on any atom is -0.374 e. The summed E-state index contributed by atoms with van der Waals surface area (Å²) in [5.41, 5.74) is 0. The van der Waals surface area contributed by atoms with Crippen LogP contribution in [0.3, 0.4) is 0 Å². The van der Waals surface area contributed by atoms with Crippen LogP contribution in [0.1, 0.15) is 74.1 Å². The summed E-state index contributed by atoms with van der Waals surface area (Å²) in [7, 11) is -2.52. The van der Waals surface area contributed by atoms with Gasteiger partial charge in [0.25, 0.3) is 0 Å². The number of carbonyl (C=O) groups is 1. The average molecular weight is 451 g/mol. The van der Waals surface area contributed by atoms with Crippen molar-refractivity contribution in [2.45, 2.75) is 90.2 Å². The zero-order valence-electron chi connectivity index (χ0n) is 19.0. The fraction of sp³-hybridized carbons (Fsp3) is 0.952. The van der Waals surface area contributed by atoms with Crippen molar-refractivity contribution in [1.29, 1.82) is 0 Å². The van der Waals surface area contributed by atoms with Crippen LogP contribution in [-0.4, -0.2) is 49.5 Å². The molecule has 1 fully saturated rings. The summed E-state index contributed by atoms with van der Waals surface area (Å²) in [6, 6.07) is 0.885. The Hall–Kier alpha value is 0.467. The Kier molecular flexibility index (Phi) is 12.3. The smallest absolute Gasteiger partial charge is 0.374 e. The molecule has 0 aromatic rings. The van der Waals surface area contributed by atoms with Crippen LogP contribution in [0.2, 0.25) is 6.04 Å². The minimum atomic E-state index is -2.52. The molecule has 0 aliphatic heterocycles. The molecule has 28 heavy (non-hydrogen) atoms. The third-order valence-electron chi connectivity index (χ3n) is 5.62. The van der Waals surface area contributed by atoms with Crippen LogP contribution in [0.4, 0.5) is 0 Å². The highest BCUT2D eigenvalue weighted by molar-refractivity contribution is 8.14. The van der Waals surface area contributed by atoms with Gasteiger partial charge in [-0.3, -0.25) is 4.79 Å². The molecule has 1 saturated carbocycles. The summed E-state index contributed by atoms with van der Waals surface area (Å²) in [6.07, 6.45) is 4.70. The molecule has 3 atom stereocenters. The van der Waals surface area contributed by atoms with Crippen LogP contribution in [0, 0.1) is 11.8 Å². The molecule has 1 aliphatic rings. The number of rotatable bonds is 13. The lowest BCUT2D eigenvalue weighted by Crippen LogP contribution is -2.46. The van der Waals surface area contributed by atoms with Gasteiger partial charge in [-0.1, -0.05) is 32.5 Å². The first-order valence-corrected chi connectivity index (χ1v) is 14.7. The third-order valence-corrected chi connectivity index (χ3v) is 11.6. The molecule has 0 saturated heterocycles. The van der Waals surface area contributed by atoms with Gasteiger partial charge < -0.3 is 13.3 Å². The summed E-state index contributed by atoms with van der Waals surface area (Å²) >= 11 is 3.62. The Balaban J connectivity index is 2.56. The Morgan fingerprint density at radius 3 is 2.14 bits per heavy atom. The molecular formula is C21H42O4S2Si. The fourth-order valence-electron chi connectivity index (χ4n) is 4.03. The molecule has 0 heterocycles. The second-order valence-corrected chi connectivity index (χ2v) is 14.1. The summed E-state index contributed by atoms with van der Waals surface area (Å²) in [6.45, 7) is 16.7. The Morgan fingerprint density at radius 2 is 1.64 bits per heavy atom. The molecule has 0 bridgehead atoms. The van der Waals surface area contributed by atoms with Crippen LogP contribution >= 0.6 is 23.5 Å². The number of thioether (sulfide) groups is 2. The minimum absolute atomic E-state index is 0.225. The first kappa shape index (κ1) is 26.5. The van der Waals surface area contributed by atoms with Gasteiger partial charge in [0.15, 0.2) is 5.12 Å². The van der Waals surface area contributed by atoms with Gasteiger partial charge in [0.05, 0.1) is 0 Å². The van der Waals surface area contributed by atoms with Gasteiger partial charge in [0.2, 0.25) is 0 Å². The summed E-state index contributed by atoms with van der Waals surface area (Å²) in [4.78, 5) is 11.6. The second-order valence-electron chi connectivity index (χ2n) is 8.17. The number of carbonyl (C=O) groups excluding carboxylic acids is 1. The lowest BCUT2D eigenvalue weighted by atomic mass is 9.77. The molecule has 0 aromatic heterocycles.